The summed E-state index contributed by atoms with van der Waals surface area (Å²) in [6.07, 6.45) is 4.65. The Morgan fingerprint density at radius 1 is 1.38 bits per heavy atom. The quantitative estimate of drug-likeness (QED) is 0.745. The number of rotatable bonds is 3. The van der Waals surface area contributed by atoms with Crippen LogP contribution in [0.5, 0.6) is 0 Å². The van der Waals surface area contributed by atoms with Gasteiger partial charge in [-0.05, 0) is 32.9 Å². The fraction of sp³-hybridized carbons (Fsp3) is 0.818. The normalized spacial score (nSPS) is 24.6. The highest BCUT2D eigenvalue weighted by Gasteiger charge is 2.45. The standard InChI is InChI=1S/C11H18N4O/c1-10-6-15(13-12-10)7-11(8-16-9-11)14-4-2-3-5-14/h6H,2-5,7-9H2,1H3. The highest BCUT2D eigenvalue weighted by Crippen LogP contribution is 2.30. The lowest BCUT2D eigenvalue weighted by molar-refractivity contribution is -0.143. The van der Waals surface area contributed by atoms with Crippen LogP contribution >= 0.6 is 0 Å². The van der Waals surface area contributed by atoms with Crippen LogP contribution in [0.4, 0.5) is 0 Å². The van der Waals surface area contributed by atoms with Gasteiger partial charge in [0.25, 0.3) is 0 Å². The van der Waals surface area contributed by atoms with Crippen LogP contribution < -0.4 is 0 Å². The molecule has 2 fully saturated rings. The number of aromatic nitrogens is 3. The van der Waals surface area contributed by atoms with Gasteiger partial charge in [0.05, 0.1) is 31.0 Å². The van der Waals surface area contributed by atoms with Crippen molar-refractivity contribution in [1.29, 1.82) is 0 Å². The van der Waals surface area contributed by atoms with Crippen molar-refractivity contribution >= 4 is 0 Å². The number of hydrogen-bond donors (Lipinski definition) is 0. The zero-order valence-corrected chi connectivity index (χ0v) is 9.72. The first-order valence-electron chi connectivity index (χ1n) is 5.98. The van der Waals surface area contributed by atoms with E-state index in [4.69, 9.17) is 4.74 Å². The summed E-state index contributed by atoms with van der Waals surface area (Å²) in [5, 5.41) is 8.18. The van der Waals surface area contributed by atoms with Crippen LogP contribution in [0, 0.1) is 6.92 Å². The summed E-state index contributed by atoms with van der Waals surface area (Å²) in [6.45, 7) is 6.98. The number of ether oxygens (including phenoxy) is 1. The van der Waals surface area contributed by atoms with E-state index in [-0.39, 0.29) is 5.54 Å². The molecule has 1 aromatic heterocycles. The van der Waals surface area contributed by atoms with Gasteiger partial charge in [0.15, 0.2) is 0 Å². The van der Waals surface area contributed by atoms with Crippen molar-refractivity contribution in [3.8, 4) is 0 Å². The number of likely N-dealkylation sites (tertiary alicyclic amines) is 1. The molecule has 2 aliphatic rings. The van der Waals surface area contributed by atoms with Crippen LogP contribution in [0.3, 0.4) is 0 Å². The lowest BCUT2D eigenvalue weighted by atomic mass is 9.95. The molecule has 88 valence electrons. The predicted octanol–water partition coefficient (Wildman–Crippen LogP) is 0.451. The summed E-state index contributed by atoms with van der Waals surface area (Å²) in [4.78, 5) is 2.56. The maximum atomic E-state index is 5.43. The Labute approximate surface area is 95.4 Å². The molecule has 0 atom stereocenters. The summed E-state index contributed by atoms with van der Waals surface area (Å²) in [5.41, 5.74) is 1.17. The molecule has 0 unspecified atom stereocenters. The van der Waals surface area contributed by atoms with Crippen molar-refractivity contribution in [2.45, 2.75) is 31.8 Å². The summed E-state index contributed by atoms with van der Waals surface area (Å²) in [5.74, 6) is 0. The second-order valence-corrected chi connectivity index (χ2v) is 4.97. The zero-order valence-electron chi connectivity index (χ0n) is 9.72. The molecule has 2 saturated heterocycles. The van der Waals surface area contributed by atoms with Gasteiger partial charge in [0.1, 0.15) is 0 Å². The lowest BCUT2D eigenvalue weighted by Crippen LogP contribution is -2.63. The van der Waals surface area contributed by atoms with E-state index in [0.29, 0.717) is 0 Å². The van der Waals surface area contributed by atoms with Crippen molar-refractivity contribution in [1.82, 2.24) is 19.9 Å². The Hall–Kier alpha value is -0.940. The van der Waals surface area contributed by atoms with Gasteiger partial charge >= 0.3 is 0 Å². The van der Waals surface area contributed by atoms with Gasteiger partial charge in [-0.2, -0.15) is 0 Å². The van der Waals surface area contributed by atoms with Crippen molar-refractivity contribution in [2.75, 3.05) is 26.3 Å². The molecule has 0 aromatic carbocycles. The lowest BCUT2D eigenvalue weighted by Gasteiger charge is -2.47. The topological polar surface area (TPSA) is 43.2 Å². The molecule has 5 nitrogen and oxygen atoms in total. The molecule has 3 rings (SSSR count). The molecule has 16 heavy (non-hydrogen) atoms. The van der Waals surface area contributed by atoms with Crippen molar-refractivity contribution in [3.63, 3.8) is 0 Å². The minimum Gasteiger partial charge on any atom is -0.377 e. The van der Waals surface area contributed by atoms with E-state index in [1.807, 2.05) is 17.8 Å². The Bertz CT molecular complexity index is 366. The molecule has 0 radical (unpaired) electrons. The summed E-state index contributed by atoms with van der Waals surface area (Å²) in [6, 6.07) is 0. The van der Waals surface area contributed by atoms with E-state index < -0.39 is 0 Å². The zero-order chi connectivity index (χ0) is 11.0. The van der Waals surface area contributed by atoms with Crippen LogP contribution in [0.25, 0.3) is 0 Å². The molecular weight excluding hydrogens is 204 g/mol. The number of hydrogen-bond acceptors (Lipinski definition) is 4. The van der Waals surface area contributed by atoms with E-state index in [9.17, 15) is 0 Å². The molecule has 0 bridgehead atoms. The largest absolute Gasteiger partial charge is 0.377 e. The monoisotopic (exact) mass is 222 g/mol. The van der Waals surface area contributed by atoms with E-state index in [1.165, 1.54) is 25.9 Å². The SMILES string of the molecule is Cc1cn(CC2(N3CCCC3)COC2)nn1. The second kappa shape index (κ2) is 3.82. The Kier molecular flexibility index (Phi) is 2.44. The smallest absolute Gasteiger partial charge is 0.0877 e. The van der Waals surface area contributed by atoms with Gasteiger partial charge in [0.2, 0.25) is 0 Å². The van der Waals surface area contributed by atoms with Crippen molar-refractivity contribution in [2.24, 2.45) is 0 Å². The minimum absolute atomic E-state index is 0.191. The summed E-state index contributed by atoms with van der Waals surface area (Å²) in [7, 11) is 0. The third kappa shape index (κ3) is 1.64. The van der Waals surface area contributed by atoms with Crippen LogP contribution in [-0.4, -0.2) is 51.7 Å². The van der Waals surface area contributed by atoms with Crippen molar-refractivity contribution < 1.29 is 4.74 Å². The maximum absolute atomic E-state index is 5.43. The van der Waals surface area contributed by atoms with Gasteiger partial charge < -0.3 is 4.74 Å². The predicted molar refractivity (Wildman–Crippen MR) is 59.1 cm³/mol. The molecular formula is C11H18N4O. The van der Waals surface area contributed by atoms with Gasteiger partial charge in [0, 0.05) is 6.20 Å². The Balaban J connectivity index is 1.74. The molecule has 0 spiro atoms. The second-order valence-electron chi connectivity index (χ2n) is 4.97. The third-order valence-corrected chi connectivity index (χ3v) is 3.63. The summed E-state index contributed by atoms with van der Waals surface area (Å²) >= 11 is 0. The molecule has 0 aliphatic carbocycles. The van der Waals surface area contributed by atoms with Crippen LogP contribution in [0.2, 0.25) is 0 Å². The molecule has 3 heterocycles. The molecule has 0 amide bonds. The number of nitrogens with zero attached hydrogens (tertiary/aromatic N) is 4. The van der Waals surface area contributed by atoms with Gasteiger partial charge in [-0.15, -0.1) is 5.10 Å². The Morgan fingerprint density at radius 3 is 2.62 bits per heavy atom. The third-order valence-electron chi connectivity index (χ3n) is 3.63. The molecule has 2 aliphatic heterocycles. The maximum Gasteiger partial charge on any atom is 0.0877 e. The molecule has 5 heteroatoms. The average Bonchev–Trinajstić information content (AvgIpc) is 2.82. The van der Waals surface area contributed by atoms with Gasteiger partial charge in [-0.3, -0.25) is 9.58 Å². The van der Waals surface area contributed by atoms with Crippen LogP contribution in [0.15, 0.2) is 6.20 Å². The Morgan fingerprint density at radius 2 is 2.12 bits per heavy atom. The van der Waals surface area contributed by atoms with E-state index in [0.717, 1.165) is 25.5 Å². The average molecular weight is 222 g/mol. The molecule has 1 aromatic rings. The fourth-order valence-corrected chi connectivity index (χ4v) is 2.68. The first kappa shape index (κ1) is 10.2. The van der Waals surface area contributed by atoms with Crippen LogP contribution in [-0.2, 0) is 11.3 Å². The van der Waals surface area contributed by atoms with E-state index >= 15 is 0 Å². The number of aryl methyl sites for hydroxylation is 1. The summed E-state index contributed by atoms with van der Waals surface area (Å²) < 4.78 is 7.38. The highest BCUT2D eigenvalue weighted by molar-refractivity contribution is 4.99. The molecule has 0 saturated carbocycles. The first-order valence-corrected chi connectivity index (χ1v) is 5.98. The highest BCUT2D eigenvalue weighted by atomic mass is 16.5. The van der Waals surface area contributed by atoms with Gasteiger partial charge in [-0.1, -0.05) is 5.21 Å². The minimum atomic E-state index is 0.191. The van der Waals surface area contributed by atoms with E-state index in [1.54, 1.807) is 0 Å². The molecule has 0 N–H and O–H groups in total. The fourth-order valence-electron chi connectivity index (χ4n) is 2.68. The van der Waals surface area contributed by atoms with Crippen molar-refractivity contribution in [3.05, 3.63) is 11.9 Å². The van der Waals surface area contributed by atoms with Gasteiger partial charge in [-0.25, -0.2) is 0 Å². The van der Waals surface area contributed by atoms with Crippen LogP contribution in [0.1, 0.15) is 18.5 Å². The first-order chi connectivity index (χ1) is 7.78. The van der Waals surface area contributed by atoms with E-state index in [2.05, 4.69) is 15.2 Å².